The molecule has 3 rings (SSSR count). The highest BCUT2D eigenvalue weighted by atomic mass is 16.5. The van der Waals surface area contributed by atoms with Gasteiger partial charge in [0.15, 0.2) is 5.82 Å². The van der Waals surface area contributed by atoms with E-state index in [1.54, 1.807) is 26.6 Å². The molecule has 1 aromatic heterocycles. The number of anilines is 1. The number of amides is 2. The van der Waals surface area contributed by atoms with Crippen LogP contribution in [-0.2, 0) is 6.54 Å². The van der Waals surface area contributed by atoms with Gasteiger partial charge in [-0.1, -0.05) is 12.1 Å². The zero-order valence-corrected chi connectivity index (χ0v) is 14.9. The van der Waals surface area contributed by atoms with E-state index >= 15 is 0 Å². The van der Waals surface area contributed by atoms with E-state index in [2.05, 4.69) is 25.5 Å². The lowest BCUT2D eigenvalue weighted by atomic mass is 10.2. The number of rotatable bonds is 6. The molecule has 2 heterocycles. The molecule has 0 radical (unpaired) electrons. The second kappa shape index (κ2) is 8.37. The molecule has 1 aliphatic heterocycles. The summed E-state index contributed by atoms with van der Waals surface area (Å²) in [5.74, 6) is 1.97. The molecule has 138 valence electrons. The van der Waals surface area contributed by atoms with E-state index < -0.39 is 0 Å². The van der Waals surface area contributed by atoms with Crippen molar-refractivity contribution in [1.29, 1.82) is 0 Å². The maximum absolute atomic E-state index is 12.2. The number of hydrogen-bond donors (Lipinski definition) is 2. The van der Waals surface area contributed by atoms with Crippen molar-refractivity contribution in [3.63, 3.8) is 0 Å². The summed E-state index contributed by atoms with van der Waals surface area (Å²) < 4.78 is 10.4. The maximum atomic E-state index is 12.2. The van der Waals surface area contributed by atoms with E-state index in [0.717, 1.165) is 24.3 Å². The molecule has 26 heavy (non-hydrogen) atoms. The van der Waals surface area contributed by atoms with E-state index in [1.807, 2.05) is 24.3 Å². The Morgan fingerprint density at radius 1 is 1.27 bits per heavy atom. The lowest BCUT2D eigenvalue weighted by Gasteiger charge is -2.19. The summed E-state index contributed by atoms with van der Waals surface area (Å²) in [5, 5.41) is 5.88. The first kappa shape index (κ1) is 17.8. The fourth-order valence-electron chi connectivity index (χ4n) is 2.95. The zero-order valence-electron chi connectivity index (χ0n) is 14.9. The highest BCUT2D eigenvalue weighted by Crippen LogP contribution is 2.25. The monoisotopic (exact) mass is 357 g/mol. The molecule has 2 amide bonds. The molecule has 1 aromatic carbocycles. The minimum atomic E-state index is -0.189. The van der Waals surface area contributed by atoms with E-state index in [0.29, 0.717) is 24.8 Å². The van der Waals surface area contributed by atoms with Crippen LogP contribution in [0, 0.1) is 0 Å². The molecule has 1 aliphatic rings. The predicted octanol–water partition coefficient (Wildman–Crippen LogP) is 1.57. The quantitative estimate of drug-likeness (QED) is 0.816. The molecule has 1 atom stereocenters. The second-order valence-corrected chi connectivity index (χ2v) is 6.00. The van der Waals surface area contributed by atoms with Gasteiger partial charge in [-0.3, -0.25) is 0 Å². The normalized spacial score (nSPS) is 16.2. The maximum Gasteiger partial charge on any atom is 0.315 e. The number of nitrogens with zero attached hydrogens (tertiary/aromatic N) is 3. The predicted molar refractivity (Wildman–Crippen MR) is 97.6 cm³/mol. The van der Waals surface area contributed by atoms with Gasteiger partial charge in [0.1, 0.15) is 5.75 Å². The molecular weight excluding hydrogens is 334 g/mol. The van der Waals surface area contributed by atoms with Gasteiger partial charge in [-0.25, -0.2) is 14.8 Å². The first-order valence-corrected chi connectivity index (χ1v) is 8.47. The summed E-state index contributed by atoms with van der Waals surface area (Å²) in [5.41, 5.74) is 0.983. The number of hydrogen-bond acceptors (Lipinski definition) is 6. The van der Waals surface area contributed by atoms with Crippen LogP contribution in [0.15, 0.2) is 36.7 Å². The molecule has 0 aliphatic carbocycles. The van der Waals surface area contributed by atoms with Crippen LogP contribution >= 0.6 is 0 Å². The molecule has 8 heteroatoms. The third-order valence-electron chi connectivity index (χ3n) is 4.25. The summed E-state index contributed by atoms with van der Waals surface area (Å²) in [6.07, 6.45) is 4.08. The molecular formula is C18H23N5O3. The highest BCUT2D eigenvalue weighted by Gasteiger charge is 2.27. The summed E-state index contributed by atoms with van der Waals surface area (Å²) in [6.45, 7) is 1.90. The van der Waals surface area contributed by atoms with Crippen molar-refractivity contribution in [2.75, 3.05) is 32.2 Å². The van der Waals surface area contributed by atoms with E-state index in [-0.39, 0.29) is 12.1 Å². The topological polar surface area (TPSA) is 88.6 Å². The van der Waals surface area contributed by atoms with Crippen LogP contribution in [0.3, 0.4) is 0 Å². The number of carbonyl (C=O) groups excluding carboxylic acids is 1. The minimum Gasteiger partial charge on any atom is -0.497 e. The Balaban J connectivity index is 1.49. The van der Waals surface area contributed by atoms with Gasteiger partial charge in [-0.05, 0) is 24.1 Å². The lowest BCUT2D eigenvalue weighted by Crippen LogP contribution is -2.43. The Kier molecular flexibility index (Phi) is 5.73. The van der Waals surface area contributed by atoms with Gasteiger partial charge in [0.2, 0.25) is 0 Å². The van der Waals surface area contributed by atoms with Crippen molar-refractivity contribution in [3.8, 4) is 11.6 Å². The van der Waals surface area contributed by atoms with Gasteiger partial charge in [0.05, 0.1) is 14.2 Å². The summed E-state index contributed by atoms with van der Waals surface area (Å²) in [4.78, 5) is 22.7. The largest absolute Gasteiger partial charge is 0.497 e. The number of nitrogens with one attached hydrogen (secondary N) is 2. The van der Waals surface area contributed by atoms with Crippen LogP contribution in [0.5, 0.6) is 11.6 Å². The van der Waals surface area contributed by atoms with Crippen LogP contribution in [-0.4, -0.2) is 49.4 Å². The van der Waals surface area contributed by atoms with Crippen molar-refractivity contribution >= 4 is 11.8 Å². The van der Waals surface area contributed by atoms with Crippen molar-refractivity contribution in [1.82, 2.24) is 20.6 Å². The van der Waals surface area contributed by atoms with E-state index in [4.69, 9.17) is 9.47 Å². The molecule has 2 N–H and O–H groups in total. The molecule has 0 saturated carbocycles. The smallest absolute Gasteiger partial charge is 0.315 e. The van der Waals surface area contributed by atoms with E-state index in [9.17, 15) is 4.79 Å². The third kappa shape index (κ3) is 4.33. The highest BCUT2D eigenvalue weighted by molar-refractivity contribution is 5.74. The first-order valence-electron chi connectivity index (χ1n) is 8.47. The fraction of sp³-hybridized carbons (Fsp3) is 0.389. The van der Waals surface area contributed by atoms with Gasteiger partial charge < -0.3 is 25.0 Å². The molecule has 8 nitrogen and oxygen atoms in total. The fourth-order valence-corrected chi connectivity index (χ4v) is 2.95. The number of carbonyl (C=O) groups is 1. The summed E-state index contributed by atoms with van der Waals surface area (Å²) in [7, 11) is 3.20. The van der Waals surface area contributed by atoms with Gasteiger partial charge in [0, 0.05) is 38.1 Å². The standard InChI is InChI=1S/C18H23N5O3/c1-25-15-5-3-4-13(10-15)11-21-18(24)22-14-6-9-23(12-14)16-17(26-2)20-8-7-19-16/h3-5,7-8,10,14H,6,9,11-12H2,1-2H3,(H2,21,22,24)/t14-/m0/s1. The van der Waals surface area contributed by atoms with Crippen LogP contribution in [0.2, 0.25) is 0 Å². The molecule has 2 aromatic rings. The Hall–Kier alpha value is -3.03. The Bertz CT molecular complexity index is 755. The van der Waals surface area contributed by atoms with Crippen LogP contribution in [0.1, 0.15) is 12.0 Å². The van der Waals surface area contributed by atoms with Crippen molar-refractivity contribution in [2.24, 2.45) is 0 Å². The van der Waals surface area contributed by atoms with Gasteiger partial charge in [0.25, 0.3) is 5.88 Å². The van der Waals surface area contributed by atoms with Gasteiger partial charge in [-0.2, -0.15) is 0 Å². The average Bonchev–Trinajstić information content (AvgIpc) is 3.14. The number of urea groups is 1. The molecule has 0 bridgehead atoms. The Morgan fingerprint density at radius 3 is 2.92 bits per heavy atom. The Labute approximate surface area is 152 Å². The number of methoxy groups -OCH3 is 2. The Morgan fingerprint density at radius 2 is 2.12 bits per heavy atom. The van der Waals surface area contributed by atoms with Gasteiger partial charge >= 0.3 is 6.03 Å². The second-order valence-electron chi connectivity index (χ2n) is 6.00. The SMILES string of the molecule is COc1cccc(CNC(=O)N[C@H]2CCN(c3nccnc3OC)C2)c1. The number of ether oxygens (including phenoxy) is 2. The first-order chi connectivity index (χ1) is 12.7. The van der Waals surface area contributed by atoms with Crippen molar-refractivity contribution in [2.45, 2.75) is 19.0 Å². The molecule has 0 unspecified atom stereocenters. The van der Waals surface area contributed by atoms with Crippen LogP contribution < -0.4 is 25.0 Å². The number of benzene rings is 1. The summed E-state index contributed by atoms with van der Waals surface area (Å²) >= 11 is 0. The summed E-state index contributed by atoms with van der Waals surface area (Å²) in [6, 6.07) is 7.48. The number of aromatic nitrogens is 2. The molecule has 1 saturated heterocycles. The molecule has 0 spiro atoms. The van der Waals surface area contributed by atoms with Crippen molar-refractivity contribution < 1.29 is 14.3 Å². The lowest BCUT2D eigenvalue weighted by molar-refractivity contribution is 0.237. The minimum absolute atomic E-state index is 0.0482. The van der Waals surface area contributed by atoms with Crippen LogP contribution in [0.25, 0.3) is 0 Å². The average molecular weight is 357 g/mol. The van der Waals surface area contributed by atoms with E-state index in [1.165, 1.54) is 0 Å². The molecule has 1 fully saturated rings. The van der Waals surface area contributed by atoms with Crippen molar-refractivity contribution in [3.05, 3.63) is 42.2 Å². The zero-order chi connectivity index (χ0) is 18.4. The van der Waals surface area contributed by atoms with Crippen LogP contribution in [0.4, 0.5) is 10.6 Å². The van der Waals surface area contributed by atoms with Gasteiger partial charge in [-0.15, -0.1) is 0 Å². The third-order valence-corrected chi connectivity index (χ3v) is 4.25.